The van der Waals surface area contributed by atoms with Gasteiger partial charge in [-0.2, -0.15) is 13.2 Å². The van der Waals surface area contributed by atoms with Crippen LogP contribution in [-0.4, -0.2) is 16.9 Å². The van der Waals surface area contributed by atoms with Crippen LogP contribution in [0.15, 0.2) is 48.5 Å². The van der Waals surface area contributed by atoms with Gasteiger partial charge in [0.25, 0.3) is 11.8 Å². The molecule has 0 saturated heterocycles. The van der Waals surface area contributed by atoms with Crippen molar-refractivity contribution in [1.82, 2.24) is 5.32 Å². The lowest BCUT2D eigenvalue weighted by molar-refractivity contribution is -0.137. The van der Waals surface area contributed by atoms with Crippen LogP contribution in [-0.2, 0) is 6.18 Å². The number of anilines is 1. The molecule has 1 aliphatic rings. The van der Waals surface area contributed by atoms with E-state index in [4.69, 9.17) is 11.6 Å². The molecule has 3 N–H and O–H groups in total. The zero-order valence-electron chi connectivity index (χ0n) is 17.8. The van der Waals surface area contributed by atoms with E-state index in [0.29, 0.717) is 12.1 Å². The molecule has 35 heavy (non-hydrogen) atoms. The van der Waals surface area contributed by atoms with Crippen LogP contribution in [0.5, 0.6) is 0 Å². The number of alkyl halides is 3. The molecule has 4 rings (SSSR count). The largest absolute Gasteiger partial charge is 0.416 e. The zero-order valence-corrected chi connectivity index (χ0v) is 18.6. The minimum absolute atomic E-state index is 0.0410. The first-order chi connectivity index (χ1) is 16.3. The van der Waals surface area contributed by atoms with E-state index in [1.165, 1.54) is 25.1 Å². The van der Waals surface area contributed by atoms with Crippen molar-refractivity contribution in [3.63, 3.8) is 0 Å². The van der Waals surface area contributed by atoms with Crippen LogP contribution in [0.2, 0.25) is 5.02 Å². The van der Waals surface area contributed by atoms with Gasteiger partial charge in [-0.05, 0) is 61.0 Å². The first kappa shape index (κ1) is 24.6. The summed E-state index contributed by atoms with van der Waals surface area (Å²) < 4.78 is 67.1. The second-order valence-electron chi connectivity index (χ2n) is 7.96. The van der Waals surface area contributed by atoms with Gasteiger partial charge in [0.15, 0.2) is 0 Å². The molecule has 0 saturated carbocycles. The number of nitrogens with one attached hydrogen (secondary N) is 2. The number of benzene rings is 3. The summed E-state index contributed by atoms with van der Waals surface area (Å²) in [6, 6.07) is 6.56. The molecular weight excluding hydrogens is 495 g/mol. The van der Waals surface area contributed by atoms with Crippen molar-refractivity contribution in [3.05, 3.63) is 98.6 Å². The predicted molar refractivity (Wildman–Crippen MR) is 117 cm³/mol. The van der Waals surface area contributed by atoms with Crippen molar-refractivity contribution in [3.8, 4) is 0 Å². The molecule has 0 aliphatic carbocycles. The lowest BCUT2D eigenvalue weighted by atomic mass is 9.93. The summed E-state index contributed by atoms with van der Waals surface area (Å²) in [5, 5.41) is 15.2. The third-order valence-electron chi connectivity index (χ3n) is 5.50. The van der Waals surface area contributed by atoms with Crippen molar-refractivity contribution in [2.24, 2.45) is 0 Å². The highest BCUT2D eigenvalue weighted by Crippen LogP contribution is 2.41. The molecule has 2 unspecified atom stereocenters. The molecule has 182 valence electrons. The van der Waals surface area contributed by atoms with Gasteiger partial charge in [-0.3, -0.25) is 9.59 Å². The summed E-state index contributed by atoms with van der Waals surface area (Å²) in [6.07, 6.45) is -5.97. The number of rotatable bonds is 4. The Bertz CT molecular complexity index is 1360. The molecular formula is C24H16ClF5N2O3. The normalized spacial score (nSPS) is 16.0. The van der Waals surface area contributed by atoms with Gasteiger partial charge in [-0.15, -0.1) is 0 Å². The topological polar surface area (TPSA) is 78.4 Å². The van der Waals surface area contributed by atoms with Gasteiger partial charge in [-0.25, -0.2) is 8.78 Å². The maximum absolute atomic E-state index is 13.9. The Balaban J connectivity index is 1.83. The number of halogens is 6. The van der Waals surface area contributed by atoms with Gasteiger partial charge in [-0.1, -0.05) is 11.6 Å². The predicted octanol–water partition coefficient (Wildman–Crippen LogP) is 5.78. The van der Waals surface area contributed by atoms with Crippen LogP contribution < -0.4 is 10.6 Å². The molecule has 2 atom stereocenters. The minimum atomic E-state index is -4.89. The molecule has 0 spiro atoms. The van der Waals surface area contributed by atoms with Crippen molar-refractivity contribution >= 4 is 29.1 Å². The quantitative estimate of drug-likeness (QED) is 0.390. The fourth-order valence-electron chi connectivity index (χ4n) is 3.85. The molecule has 11 heteroatoms. The van der Waals surface area contributed by atoms with Gasteiger partial charge in [0.05, 0.1) is 17.7 Å². The molecule has 5 nitrogen and oxygen atoms in total. The third kappa shape index (κ3) is 4.85. The van der Waals surface area contributed by atoms with Crippen LogP contribution >= 0.6 is 11.6 Å². The van der Waals surface area contributed by atoms with E-state index in [9.17, 15) is 36.6 Å². The lowest BCUT2D eigenvalue weighted by Gasteiger charge is -2.19. The molecule has 1 heterocycles. The second kappa shape index (κ2) is 8.94. The Hall–Kier alpha value is -3.50. The van der Waals surface area contributed by atoms with Crippen molar-refractivity contribution in [2.75, 3.05) is 5.32 Å². The monoisotopic (exact) mass is 510 g/mol. The summed E-state index contributed by atoms with van der Waals surface area (Å²) in [6.45, 7) is 1.41. The van der Waals surface area contributed by atoms with Crippen LogP contribution in [0, 0.1) is 11.6 Å². The summed E-state index contributed by atoms with van der Waals surface area (Å²) in [5.41, 5.74) is -1.44. The number of aliphatic hydroxyl groups is 1. The number of carbonyl (C=O) groups excluding carboxylic acids is 2. The van der Waals surface area contributed by atoms with Crippen molar-refractivity contribution in [2.45, 2.75) is 25.2 Å². The van der Waals surface area contributed by atoms with Crippen LogP contribution in [0.3, 0.4) is 0 Å². The molecule has 3 aromatic carbocycles. The Morgan fingerprint density at radius 1 is 1.09 bits per heavy atom. The maximum Gasteiger partial charge on any atom is 0.416 e. The summed E-state index contributed by atoms with van der Waals surface area (Å²) in [7, 11) is 0. The summed E-state index contributed by atoms with van der Waals surface area (Å²) in [5.74, 6) is -3.61. The van der Waals surface area contributed by atoms with Crippen molar-refractivity contribution in [1.29, 1.82) is 0 Å². The van der Waals surface area contributed by atoms with Gasteiger partial charge in [0, 0.05) is 33.0 Å². The molecule has 0 aromatic heterocycles. The van der Waals surface area contributed by atoms with Crippen molar-refractivity contribution < 1.29 is 36.6 Å². The highest BCUT2D eigenvalue weighted by atomic mass is 35.5. The standard InChI is InChI=1S/C24H16ClF5N2O3/c1-10(33)11-6-17-20(21(32-23(17)35)16-9-14(26)2-3-18(16)25)19(7-11)31-22(34)12-4-13(24(28,29)30)8-15(27)5-12/h2-10,21,33H,1H3,(H,31,34)(H,32,35). The fourth-order valence-corrected chi connectivity index (χ4v) is 4.07. The fraction of sp³-hybridized carbons (Fsp3) is 0.167. The number of hydrogen-bond acceptors (Lipinski definition) is 3. The number of aliphatic hydroxyl groups excluding tert-OH is 1. The van der Waals surface area contributed by atoms with E-state index in [0.717, 1.165) is 12.1 Å². The Labute approximate surface area is 200 Å². The molecule has 0 bridgehead atoms. The molecule has 2 amide bonds. The molecule has 1 aliphatic heterocycles. The number of amides is 2. The first-order valence-corrected chi connectivity index (χ1v) is 10.5. The van der Waals surface area contributed by atoms with Crippen LogP contribution in [0.1, 0.15) is 62.0 Å². The molecule has 0 fully saturated rings. The van der Waals surface area contributed by atoms with Gasteiger partial charge in [0.2, 0.25) is 0 Å². The Morgan fingerprint density at radius 3 is 2.46 bits per heavy atom. The molecule has 0 radical (unpaired) electrons. The highest BCUT2D eigenvalue weighted by Gasteiger charge is 2.36. The van der Waals surface area contributed by atoms with E-state index >= 15 is 0 Å². The Morgan fingerprint density at radius 2 is 1.80 bits per heavy atom. The van der Waals surface area contributed by atoms with Crippen LogP contribution in [0.4, 0.5) is 27.6 Å². The number of fused-ring (bicyclic) bond motifs is 1. The van der Waals surface area contributed by atoms with Gasteiger partial charge >= 0.3 is 6.18 Å². The van der Waals surface area contributed by atoms with E-state index in [2.05, 4.69) is 10.6 Å². The summed E-state index contributed by atoms with van der Waals surface area (Å²) >= 11 is 6.21. The molecule has 3 aromatic rings. The lowest BCUT2D eigenvalue weighted by Crippen LogP contribution is -2.21. The minimum Gasteiger partial charge on any atom is -0.389 e. The van der Waals surface area contributed by atoms with E-state index in [1.807, 2.05) is 0 Å². The zero-order chi connectivity index (χ0) is 25.7. The smallest absolute Gasteiger partial charge is 0.389 e. The van der Waals surface area contributed by atoms with E-state index < -0.39 is 52.9 Å². The SMILES string of the molecule is CC(O)c1cc(NC(=O)c2cc(F)cc(C(F)(F)F)c2)c2c(c1)C(=O)NC2c1cc(F)ccc1Cl. The Kier molecular flexibility index (Phi) is 6.29. The highest BCUT2D eigenvalue weighted by molar-refractivity contribution is 6.31. The average molecular weight is 511 g/mol. The summed E-state index contributed by atoms with van der Waals surface area (Å²) in [4.78, 5) is 25.6. The second-order valence-corrected chi connectivity index (χ2v) is 8.37. The van der Waals surface area contributed by atoms with Gasteiger partial charge < -0.3 is 15.7 Å². The van der Waals surface area contributed by atoms with E-state index in [1.54, 1.807) is 0 Å². The van der Waals surface area contributed by atoms with Gasteiger partial charge in [0.1, 0.15) is 11.6 Å². The number of hydrogen-bond donors (Lipinski definition) is 3. The van der Waals surface area contributed by atoms with Crippen LogP contribution in [0.25, 0.3) is 0 Å². The first-order valence-electron chi connectivity index (χ1n) is 10.2. The van der Waals surface area contributed by atoms with E-state index in [-0.39, 0.29) is 39.0 Å². The average Bonchev–Trinajstić information content (AvgIpc) is 3.11. The number of carbonyl (C=O) groups is 2. The maximum atomic E-state index is 13.9. The third-order valence-corrected chi connectivity index (χ3v) is 5.84.